The number of hydroxylamine groups is 2. The van der Waals surface area contributed by atoms with Crippen molar-refractivity contribution in [2.45, 2.75) is 32.7 Å². The van der Waals surface area contributed by atoms with Crippen molar-refractivity contribution in [2.24, 2.45) is 0 Å². The molecule has 0 unspecified atom stereocenters. The topological polar surface area (TPSA) is 102 Å². The van der Waals surface area contributed by atoms with E-state index in [9.17, 15) is 23.6 Å². The van der Waals surface area contributed by atoms with Crippen molar-refractivity contribution < 1.29 is 33.1 Å². The number of cyclic esters (lactones) is 2. The molecule has 1 saturated heterocycles. The van der Waals surface area contributed by atoms with Crippen LogP contribution in [0.2, 0.25) is 0 Å². The normalized spacial score (nSPS) is 15.7. The maximum Gasteiger partial charge on any atom is 0.451 e. The van der Waals surface area contributed by atoms with Gasteiger partial charge in [-0.1, -0.05) is 18.2 Å². The maximum absolute atomic E-state index is 14.2. The molecule has 0 aliphatic carbocycles. The van der Waals surface area contributed by atoms with E-state index < -0.39 is 29.9 Å². The van der Waals surface area contributed by atoms with Crippen molar-refractivity contribution in [3.05, 3.63) is 65.0 Å². The minimum absolute atomic E-state index is 0.0243. The van der Waals surface area contributed by atoms with Crippen LogP contribution in [0.25, 0.3) is 0 Å². The summed E-state index contributed by atoms with van der Waals surface area (Å²) < 4.78 is 18.8. The number of carbonyl (C=O) groups excluding carboxylic acids is 4. The van der Waals surface area contributed by atoms with Gasteiger partial charge in [-0.15, -0.1) is 5.06 Å². The molecule has 1 fully saturated rings. The highest BCUT2D eigenvalue weighted by Gasteiger charge is 2.44. The van der Waals surface area contributed by atoms with Gasteiger partial charge >= 0.3 is 18.0 Å². The lowest BCUT2D eigenvalue weighted by Crippen LogP contribution is -2.37. The largest absolute Gasteiger partial charge is 0.451 e. The van der Waals surface area contributed by atoms with E-state index in [1.165, 1.54) is 25.1 Å². The number of carbonyl (C=O) groups is 4. The molecule has 1 aliphatic heterocycles. The molecule has 1 N–H and O–H groups in total. The van der Waals surface area contributed by atoms with Crippen LogP contribution in [-0.2, 0) is 25.6 Å². The molecule has 2 aromatic rings. The Morgan fingerprint density at radius 2 is 1.90 bits per heavy atom. The highest BCUT2D eigenvalue weighted by atomic mass is 19.1. The van der Waals surface area contributed by atoms with Gasteiger partial charge < -0.3 is 14.9 Å². The Balaban J connectivity index is 1.75. The van der Waals surface area contributed by atoms with Gasteiger partial charge in [-0.2, -0.15) is 0 Å². The fourth-order valence-electron chi connectivity index (χ4n) is 3.04. The highest BCUT2D eigenvalue weighted by Crippen LogP contribution is 2.25. The van der Waals surface area contributed by atoms with Crippen LogP contribution in [0.15, 0.2) is 42.5 Å². The zero-order chi connectivity index (χ0) is 21.8. The zero-order valence-electron chi connectivity index (χ0n) is 16.3. The van der Waals surface area contributed by atoms with Crippen molar-refractivity contribution >= 4 is 29.6 Å². The van der Waals surface area contributed by atoms with E-state index in [1.807, 2.05) is 0 Å². The van der Waals surface area contributed by atoms with Gasteiger partial charge in [0.2, 0.25) is 5.91 Å². The van der Waals surface area contributed by atoms with Gasteiger partial charge in [-0.05, 0) is 55.2 Å². The number of aryl methyl sites for hydroxylation is 1. The van der Waals surface area contributed by atoms with Gasteiger partial charge in [-0.25, -0.2) is 18.8 Å². The number of hydrogen-bond donors (Lipinski definition) is 1. The monoisotopic (exact) mass is 414 g/mol. The Hall–Kier alpha value is -3.75. The van der Waals surface area contributed by atoms with Gasteiger partial charge in [0, 0.05) is 12.6 Å². The second-order valence-electron chi connectivity index (χ2n) is 6.74. The third kappa shape index (κ3) is 4.62. The number of benzene rings is 2. The van der Waals surface area contributed by atoms with E-state index in [-0.39, 0.29) is 30.0 Å². The van der Waals surface area contributed by atoms with E-state index in [0.29, 0.717) is 16.2 Å². The first-order chi connectivity index (χ1) is 14.3. The molecule has 0 spiro atoms. The van der Waals surface area contributed by atoms with Crippen LogP contribution in [0.3, 0.4) is 0 Å². The van der Waals surface area contributed by atoms with Gasteiger partial charge in [0.05, 0.1) is 5.56 Å². The second-order valence-corrected chi connectivity index (χ2v) is 6.74. The molecule has 1 aliphatic rings. The molecule has 1 heterocycles. The van der Waals surface area contributed by atoms with Gasteiger partial charge in [0.15, 0.2) is 6.04 Å². The number of nitrogens with one attached hydrogen (secondary N) is 1. The number of esters is 1. The average molecular weight is 414 g/mol. The number of ether oxygens (including phenoxy) is 1. The molecule has 30 heavy (non-hydrogen) atoms. The Labute approximate surface area is 171 Å². The van der Waals surface area contributed by atoms with Gasteiger partial charge in [-0.3, -0.25) is 4.79 Å². The third-order valence-electron chi connectivity index (χ3n) is 4.57. The van der Waals surface area contributed by atoms with Crippen LogP contribution in [0, 0.1) is 12.7 Å². The van der Waals surface area contributed by atoms with Crippen LogP contribution in [-0.4, -0.2) is 35.0 Å². The molecule has 8 nitrogen and oxygen atoms in total. The van der Waals surface area contributed by atoms with Crippen molar-refractivity contribution in [1.82, 2.24) is 5.06 Å². The van der Waals surface area contributed by atoms with E-state index >= 15 is 0 Å². The van der Waals surface area contributed by atoms with Crippen molar-refractivity contribution in [3.8, 4) is 0 Å². The Morgan fingerprint density at radius 1 is 1.20 bits per heavy atom. The Morgan fingerprint density at radius 3 is 2.57 bits per heavy atom. The molecule has 156 valence electrons. The number of rotatable bonds is 6. The molecule has 3 rings (SSSR count). The predicted octanol–water partition coefficient (Wildman–Crippen LogP) is 3.14. The van der Waals surface area contributed by atoms with E-state index in [1.54, 1.807) is 31.2 Å². The molecule has 2 amide bonds. The summed E-state index contributed by atoms with van der Waals surface area (Å²) in [4.78, 5) is 52.6. The zero-order valence-corrected chi connectivity index (χ0v) is 16.3. The van der Waals surface area contributed by atoms with E-state index in [2.05, 4.69) is 10.1 Å². The molecule has 0 radical (unpaired) electrons. The molecule has 2 aromatic carbocycles. The summed E-state index contributed by atoms with van der Waals surface area (Å²) in [5.74, 6) is -2.55. The summed E-state index contributed by atoms with van der Waals surface area (Å²) in [7, 11) is 0. The SMILES string of the molecule is CC(=O)Nc1cc(F)c(C)c(CC[C@H]2C(=O)OC(=O)N2OC(=O)c2ccccc2)c1. The van der Waals surface area contributed by atoms with Crippen LogP contribution >= 0.6 is 0 Å². The fraction of sp³-hybridized carbons (Fsp3) is 0.238. The first-order valence-electron chi connectivity index (χ1n) is 9.15. The van der Waals surface area contributed by atoms with Crippen molar-refractivity contribution in [3.63, 3.8) is 0 Å². The summed E-state index contributed by atoms with van der Waals surface area (Å²) in [6.45, 7) is 2.87. The van der Waals surface area contributed by atoms with E-state index in [4.69, 9.17) is 4.84 Å². The second kappa shape index (κ2) is 8.73. The highest BCUT2D eigenvalue weighted by molar-refractivity contribution is 5.97. The number of halogens is 1. The standard InChI is InChI=1S/C21H19FN2O6/c1-12-15(10-16(11-17(12)22)23-13(2)25)8-9-18-20(27)29-21(28)24(18)30-19(26)14-6-4-3-5-7-14/h3-7,10-11,18H,8-9H2,1-2H3,(H,23,25)/t18-/m0/s1. The smallest absolute Gasteiger partial charge is 0.372 e. The number of hydrogen-bond acceptors (Lipinski definition) is 6. The third-order valence-corrected chi connectivity index (χ3v) is 4.57. The summed E-state index contributed by atoms with van der Waals surface area (Å²) in [5.41, 5.74) is 1.34. The summed E-state index contributed by atoms with van der Waals surface area (Å²) in [5, 5.41) is 3.10. The molecule has 9 heteroatoms. The van der Waals surface area contributed by atoms with Gasteiger partial charge in [0.1, 0.15) is 5.82 Å². The molecule has 1 atom stereocenters. The first kappa shape index (κ1) is 21.0. The molecular formula is C21H19FN2O6. The molecule has 0 saturated carbocycles. The van der Waals surface area contributed by atoms with Crippen LogP contribution < -0.4 is 5.32 Å². The van der Waals surface area contributed by atoms with Crippen LogP contribution in [0.1, 0.15) is 34.8 Å². The molecular weight excluding hydrogens is 395 g/mol. The lowest BCUT2D eigenvalue weighted by Gasteiger charge is -2.19. The van der Waals surface area contributed by atoms with Crippen LogP contribution in [0.5, 0.6) is 0 Å². The molecule has 0 bridgehead atoms. The Kier molecular flexibility index (Phi) is 6.10. The minimum atomic E-state index is -1.17. The maximum atomic E-state index is 14.2. The summed E-state index contributed by atoms with van der Waals surface area (Å²) >= 11 is 0. The molecule has 0 aromatic heterocycles. The lowest BCUT2D eigenvalue weighted by atomic mass is 9.99. The predicted molar refractivity (Wildman–Crippen MR) is 103 cm³/mol. The minimum Gasteiger partial charge on any atom is -0.372 e. The van der Waals surface area contributed by atoms with Gasteiger partial charge in [0.25, 0.3) is 0 Å². The summed E-state index contributed by atoms with van der Waals surface area (Å²) in [6, 6.07) is 9.58. The number of anilines is 1. The fourth-order valence-corrected chi connectivity index (χ4v) is 3.04. The Bertz CT molecular complexity index is 1010. The first-order valence-corrected chi connectivity index (χ1v) is 9.15. The van der Waals surface area contributed by atoms with Crippen molar-refractivity contribution in [1.29, 1.82) is 0 Å². The summed E-state index contributed by atoms with van der Waals surface area (Å²) in [6.07, 6.45) is -0.900. The van der Waals surface area contributed by atoms with Crippen LogP contribution in [0.4, 0.5) is 14.9 Å². The average Bonchev–Trinajstić information content (AvgIpc) is 2.96. The number of amides is 2. The van der Waals surface area contributed by atoms with E-state index in [0.717, 1.165) is 0 Å². The van der Waals surface area contributed by atoms with Crippen molar-refractivity contribution in [2.75, 3.05) is 5.32 Å². The quantitative estimate of drug-likeness (QED) is 0.576. The number of nitrogens with zero attached hydrogens (tertiary/aromatic N) is 1. The lowest BCUT2D eigenvalue weighted by molar-refractivity contribution is -0.139.